The molecule has 1 unspecified atom stereocenters. The Kier molecular flexibility index (Phi) is 7.33. The third kappa shape index (κ3) is 6.80. The molecule has 0 saturated heterocycles. The van der Waals surface area contributed by atoms with Gasteiger partial charge in [-0.25, -0.2) is 13.1 Å². The van der Waals surface area contributed by atoms with Crippen LogP contribution in [0, 0.1) is 0 Å². The molecule has 2 N–H and O–H groups in total. The number of aliphatic hydroxyl groups is 1. The summed E-state index contributed by atoms with van der Waals surface area (Å²) in [4.78, 5) is 16.1. The Morgan fingerprint density at radius 1 is 1.21 bits per heavy atom. The van der Waals surface area contributed by atoms with Crippen molar-refractivity contribution >= 4 is 15.9 Å². The summed E-state index contributed by atoms with van der Waals surface area (Å²) < 4.78 is 68.9. The van der Waals surface area contributed by atoms with Gasteiger partial charge in [0.25, 0.3) is 5.91 Å². The van der Waals surface area contributed by atoms with Crippen molar-refractivity contribution in [2.24, 2.45) is 0 Å². The van der Waals surface area contributed by atoms with E-state index in [-0.39, 0.29) is 17.7 Å². The van der Waals surface area contributed by atoms with E-state index >= 15 is 0 Å². The average Bonchev–Trinajstić information content (AvgIpc) is 2.65. The fourth-order valence-electron chi connectivity index (χ4n) is 2.29. The van der Waals surface area contributed by atoms with Crippen LogP contribution in [0.15, 0.2) is 42.6 Å². The van der Waals surface area contributed by atoms with Gasteiger partial charge in [0, 0.05) is 12.8 Å². The number of carbonyl (C=O) groups excluding carboxylic acids is 1. The normalized spacial score (nSPS) is 13.1. The fourth-order valence-corrected chi connectivity index (χ4v) is 3.38. The van der Waals surface area contributed by atoms with Crippen molar-refractivity contribution < 1.29 is 36.2 Å². The molecule has 1 amide bonds. The van der Waals surface area contributed by atoms with Gasteiger partial charge in [-0.3, -0.25) is 9.78 Å². The first-order valence-electron chi connectivity index (χ1n) is 8.44. The number of aliphatic hydroxyl groups excluding tert-OH is 1. The van der Waals surface area contributed by atoms with Crippen LogP contribution in [-0.2, 0) is 27.5 Å². The summed E-state index contributed by atoms with van der Waals surface area (Å²) in [5, 5.41) is 10.0. The number of carbonyl (C=O) groups is 1. The number of aromatic nitrogens is 1. The number of alkyl halides is 3. The second kappa shape index (κ2) is 9.33. The third-order valence-corrected chi connectivity index (χ3v) is 5.04. The smallest absolute Gasteiger partial charge is 0.387 e. The zero-order valence-corrected chi connectivity index (χ0v) is 16.1. The highest BCUT2D eigenvalue weighted by atomic mass is 32.2. The number of hydrogen-bond donors (Lipinski definition) is 2. The van der Waals surface area contributed by atoms with Gasteiger partial charge in [0.2, 0.25) is 10.0 Å². The topological polar surface area (TPSA) is 106 Å². The predicted octanol–water partition coefficient (Wildman–Crippen LogP) is 2.43. The molecule has 0 aliphatic heterocycles. The number of amides is 1. The Bertz CT molecular complexity index is 929. The van der Waals surface area contributed by atoms with E-state index in [4.69, 9.17) is 4.74 Å². The van der Waals surface area contributed by atoms with Gasteiger partial charge in [-0.05, 0) is 36.8 Å². The summed E-state index contributed by atoms with van der Waals surface area (Å²) in [7, 11) is -4.26. The molecule has 158 valence electrons. The van der Waals surface area contributed by atoms with Gasteiger partial charge in [0.05, 0.1) is 35.3 Å². The van der Waals surface area contributed by atoms with Gasteiger partial charge in [-0.2, -0.15) is 13.2 Å². The lowest BCUT2D eigenvalue weighted by Gasteiger charge is -2.14. The standard InChI is InChI=1S/C18H19F3N2O5S/c1-2-28-10-15-8-5-13(9-22-15)17(25)23-29(26,27)11-16(24)12-3-6-14(7-4-12)18(19,20)21/h3-9,16,24H,2,10-11H2,1H3,(H,23,25). The molecule has 0 fully saturated rings. The minimum atomic E-state index is -4.55. The van der Waals surface area contributed by atoms with Crippen molar-refractivity contribution in [3.63, 3.8) is 0 Å². The molecule has 29 heavy (non-hydrogen) atoms. The van der Waals surface area contributed by atoms with Crippen LogP contribution in [0.1, 0.15) is 40.2 Å². The molecule has 0 spiro atoms. The van der Waals surface area contributed by atoms with Gasteiger partial charge < -0.3 is 9.84 Å². The number of halogens is 3. The molecular weight excluding hydrogens is 413 g/mol. The Hall–Kier alpha value is -2.50. The number of nitrogens with zero attached hydrogens (tertiary/aromatic N) is 1. The van der Waals surface area contributed by atoms with E-state index in [2.05, 4.69) is 4.98 Å². The van der Waals surface area contributed by atoms with Crippen molar-refractivity contribution in [3.05, 3.63) is 65.0 Å². The van der Waals surface area contributed by atoms with Crippen LogP contribution in [0.4, 0.5) is 13.2 Å². The largest absolute Gasteiger partial charge is 0.416 e. The Morgan fingerprint density at radius 2 is 1.86 bits per heavy atom. The highest BCUT2D eigenvalue weighted by Crippen LogP contribution is 2.30. The zero-order chi connectivity index (χ0) is 21.7. The van der Waals surface area contributed by atoms with Crippen LogP contribution < -0.4 is 4.72 Å². The van der Waals surface area contributed by atoms with E-state index in [1.807, 2.05) is 6.92 Å². The first kappa shape index (κ1) is 22.8. The second-order valence-electron chi connectivity index (χ2n) is 6.02. The summed E-state index contributed by atoms with van der Waals surface area (Å²) in [6, 6.07) is 6.31. The van der Waals surface area contributed by atoms with E-state index in [1.54, 1.807) is 4.72 Å². The number of rotatable bonds is 8. The Morgan fingerprint density at radius 3 is 2.38 bits per heavy atom. The summed E-state index contributed by atoms with van der Waals surface area (Å²) >= 11 is 0. The van der Waals surface area contributed by atoms with Crippen molar-refractivity contribution in [2.75, 3.05) is 12.4 Å². The van der Waals surface area contributed by atoms with Gasteiger partial charge in [-0.1, -0.05) is 12.1 Å². The van der Waals surface area contributed by atoms with Crippen molar-refractivity contribution in [3.8, 4) is 0 Å². The summed E-state index contributed by atoms with van der Waals surface area (Å²) in [6.07, 6.45) is -4.98. The molecule has 7 nitrogen and oxygen atoms in total. The van der Waals surface area contributed by atoms with Gasteiger partial charge in [-0.15, -0.1) is 0 Å². The van der Waals surface area contributed by atoms with Crippen LogP contribution in [0.3, 0.4) is 0 Å². The van der Waals surface area contributed by atoms with Crippen LogP contribution in [0.2, 0.25) is 0 Å². The molecule has 1 aromatic heterocycles. The molecular formula is C18H19F3N2O5S. The highest BCUT2D eigenvalue weighted by molar-refractivity contribution is 7.90. The maximum Gasteiger partial charge on any atom is 0.416 e. The first-order valence-corrected chi connectivity index (χ1v) is 10.1. The lowest BCUT2D eigenvalue weighted by molar-refractivity contribution is -0.137. The number of pyridine rings is 1. The lowest BCUT2D eigenvalue weighted by Crippen LogP contribution is -2.34. The van der Waals surface area contributed by atoms with Gasteiger partial charge >= 0.3 is 6.18 Å². The molecule has 11 heteroatoms. The minimum absolute atomic E-state index is 0.0159. The van der Waals surface area contributed by atoms with Crippen LogP contribution in [0.5, 0.6) is 0 Å². The lowest BCUT2D eigenvalue weighted by atomic mass is 10.1. The van der Waals surface area contributed by atoms with E-state index in [0.29, 0.717) is 12.3 Å². The Labute approximate surface area is 165 Å². The molecule has 0 saturated carbocycles. The molecule has 0 aliphatic rings. The van der Waals surface area contributed by atoms with Crippen molar-refractivity contribution in [2.45, 2.75) is 25.8 Å². The molecule has 2 aromatic rings. The van der Waals surface area contributed by atoms with Crippen LogP contribution in [0.25, 0.3) is 0 Å². The van der Waals surface area contributed by atoms with Crippen LogP contribution in [-0.4, -0.2) is 36.8 Å². The van der Waals surface area contributed by atoms with Gasteiger partial charge in [0.15, 0.2) is 0 Å². The summed E-state index contributed by atoms with van der Waals surface area (Å²) in [5.41, 5.74) is -0.413. The van der Waals surface area contributed by atoms with E-state index in [0.717, 1.165) is 24.3 Å². The zero-order valence-electron chi connectivity index (χ0n) is 15.3. The van der Waals surface area contributed by atoms with E-state index < -0.39 is 39.5 Å². The maximum absolute atomic E-state index is 12.6. The monoisotopic (exact) mass is 432 g/mol. The summed E-state index contributed by atoms with van der Waals surface area (Å²) in [5.74, 6) is -1.85. The third-order valence-electron chi connectivity index (χ3n) is 3.79. The Balaban J connectivity index is 2.00. The molecule has 1 aromatic carbocycles. The number of hydrogen-bond acceptors (Lipinski definition) is 6. The highest BCUT2D eigenvalue weighted by Gasteiger charge is 2.30. The van der Waals surface area contributed by atoms with Crippen molar-refractivity contribution in [1.82, 2.24) is 9.71 Å². The number of benzene rings is 1. The second-order valence-corrected chi connectivity index (χ2v) is 7.79. The predicted molar refractivity (Wildman–Crippen MR) is 97.2 cm³/mol. The number of nitrogens with one attached hydrogen (secondary N) is 1. The summed E-state index contributed by atoms with van der Waals surface area (Å²) in [6.45, 7) is 2.55. The van der Waals surface area contributed by atoms with Gasteiger partial charge in [0.1, 0.15) is 0 Å². The molecule has 1 atom stereocenters. The van der Waals surface area contributed by atoms with Crippen molar-refractivity contribution in [1.29, 1.82) is 0 Å². The molecule has 0 aliphatic carbocycles. The average molecular weight is 432 g/mol. The molecule has 0 bridgehead atoms. The quantitative estimate of drug-likeness (QED) is 0.664. The van der Waals surface area contributed by atoms with E-state index in [9.17, 15) is 31.5 Å². The van der Waals surface area contributed by atoms with Crippen LogP contribution >= 0.6 is 0 Å². The maximum atomic E-state index is 12.6. The molecule has 0 radical (unpaired) electrons. The minimum Gasteiger partial charge on any atom is -0.387 e. The van der Waals surface area contributed by atoms with E-state index in [1.165, 1.54) is 18.3 Å². The first-order chi connectivity index (χ1) is 13.5. The number of sulfonamides is 1. The fraction of sp³-hybridized carbons (Fsp3) is 0.333. The number of ether oxygens (including phenoxy) is 1. The molecule has 1 heterocycles. The molecule has 2 rings (SSSR count). The SMILES string of the molecule is CCOCc1ccc(C(=O)NS(=O)(=O)CC(O)c2ccc(C(F)(F)F)cc2)cn1.